The maximum Gasteiger partial charge on any atom is 0.274 e. The number of hydrogen-bond donors (Lipinski definition) is 2. The molecular formula is C13H19ClFN3O2S. The highest BCUT2D eigenvalue weighted by Crippen LogP contribution is 2.24. The summed E-state index contributed by atoms with van der Waals surface area (Å²) in [5.41, 5.74) is 0.485. The van der Waals surface area contributed by atoms with Crippen LogP contribution < -0.4 is 9.86 Å². The van der Waals surface area contributed by atoms with Crippen LogP contribution in [0.3, 0.4) is 0 Å². The Hall–Kier alpha value is -0.730. The summed E-state index contributed by atoms with van der Waals surface area (Å²) in [6.45, 7) is 2.27. The van der Waals surface area contributed by atoms with Crippen molar-refractivity contribution in [1.82, 2.24) is 9.62 Å². The van der Waals surface area contributed by atoms with Gasteiger partial charge in [0.05, 0.1) is 0 Å². The van der Waals surface area contributed by atoms with Crippen molar-refractivity contribution in [3.63, 3.8) is 0 Å². The summed E-state index contributed by atoms with van der Waals surface area (Å²) in [5.74, 6) is -0.144. The van der Waals surface area contributed by atoms with Gasteiger partial charge in [-0.15, -0.1) is 0 Å². The second-order valence-corrected chi connectivity index (χ2v) is 7.12. The van der Waals surface area contributed by atoms with Gasteiger partial charge in [0.25, 0.3) is 10.2 Å². The summed E-state index contributed by atoms with van der Waals surface area (Å²) in [6, 6.07) is 4.64. The lowest BCUT2D eigenvalue weighted by atomic mass is 9.98. The van der Waals surface area contributed by atoms with Gasteiger partial charge in [-0.05, 0) is 37.4 Å². The first-order valence-corrected chi connectivity index (χ1v) is 8.70. The maximum atomic E-state index is 13.8. The molecular weight excluding hydrogens is 317 g/mol. The molecule has 1 aromatic rings. The molecule has 0 unspecified atom stereocenters. The summed E-state index contributed by atoms with van der Waals surface area (Å²) < 4.78 is 38.0. The van der Waals surface area contributed by atoms with E-state index in [9.17, 15) is 12.8 Å². The van der Waals surface area contributed by atoms with Gasteiger partial charge in [-0.3, -0.25) is 4.90 Å². The first-order valence-electron chi connectivity index (χ1n) is 6.78. The van der Waals surface area contributed by atoms with Gasteiger partial charge in [-0.2, -0.15) is 8.42 Å². The van der Waals surface area contributed by atoms with E-state index >= 15 is 0 Å². The lowest BCUT2D eigenvalue weighted by molar-refractivity contribution is 0.167. The van der Waals surface area contributed by atoms with Crippen LogP contribution in [0.15, 0.2) is 18.2 Å². The zero-order valence-corrected chi connectivity index (χ0v) is 13.1. The van der Waals surface area contributed by atoms with Crippen LogP contribution in [-0.4, -0.2) is 33.0 Å². The SMILES string of the molecule is NS(=O)(=O)NC[C@H]1CCCN(Cc2c(F)cccc2Cl)C1. The topological polar surface area (TPSA) is 75.4 Å². The van der Waals surface area contributed by atoms with Crippen molar-refractivity contribution in [3.05, 3.63) is 34.6 Å². The molecule has 1 aliphatic heterocycles. The average molecular weight is 336 g/mol. The molecule has 5 nitrogen and oxygen atoms in total. The van der Waals surface area contributed by atoms with Crippen LogP contribution in [-0.2, 0) is 16.8 Å². The number of halogens is 2. The monoisotopic (exact) mass is 335 g/mol. The minimum absolute atomic E-state index is 0.169. The Kier molecular flexibility index (Phi) is 5.56. The highest BCUT2D eigenvalue weighted by molar-refractivity contribution is 7.87. The molecule has 2 rings (SSSR count). The van der Waals surface area contributed by atoms with Crippen molar-refractivity contribution < 1.29 is 12.8 Å². The van der Waals surface area contributed by atoms with E-state index < -0.39 is 10.2 Å². The Morgan fingerprint density at radius 1 is 1.48 bits per heavy atom. The van der Waals surface area contributed by atoms with Crippen molar-refractivity contribution in [2.45, 2.75) is 19.4 Å². The number of likely N-dealkylation sites (tertiary alicyclic amines) is 1. The van der Waals surface area contributed by atoms with Crippen LogP contribution in [0.1, 0.15) is 18.4 Å². The highest BCUT2D eigenvalue weighted by atomic mass is 35.5. The lowest BCUT2D eigenvalue weighted by Gasteiger charge is -2.32. The molecule has 0 aromatic heterocycles. The van der Waals surface area contributed by atoms with Gasteiger partial charge < -0.3 is 0 Å². The molecule has 1 atom stereocenters. The molecule has 3 N–H and O–H groups in total. The molecule has 0 bridgehead atoms. The van der Waals surface area contributed by atoms with Gasteiger partial charge in [0.15, 0.2) is 0 Å². The minimum Gasteiger partial charge on any atom is -0.299 e. The largest absolute Gasteiger partial charge is 0.299 e. The second-order valence-electron chi connectivity index (χ2n) is 5.34. The summed E-state index contributed by atoms with van der Waals surface area (Å²) in [5, 5.41) is 5.35. The molecule has 0 radical (unpaired) electrons. The van der Waals surface area contributed by atoms with Crippen molar-refractivity contribution in [2.24, 2.45) is 11.1 Å². The van der Waals surface area contributed by atoms with Crippen molar-refractivity contribution in [1.29, 1.82) is 0 Å². The molecule has 118 valence electrons. The fraction of sp³-hybridized carbons (Fsp3) is 0.538. The first kappa shape index (κ1) is 16.6. The Labute approximate surface area is 129 Å². The zero-order valence-electron chi connectivity index (χ0n) is 11.6. The van der Waals surface area contributed by atoms with E-state index in [1.165, 1.54) is 6.07 Å². The first-order chi connectivity index (χ1) is 9.85. The normalized spacial score (nSPS) is 20.6. The molecule has 1 aromatic carbocycles. The van der Waals surface area contributed by atoms with E-state index in [1.54, 1.807) is 12.1 Å². The second kappa shape index (κ2) is 7.02. The predicted octanol–water partition coefficient (Wildman–Crippen LogP) is 1.48. The molecule has 1 saturated heterocycles. The molecule has 1 fully saturated rings. The third-order valence-electron chi connectivity index (χ3n) is 3.62. The lowest BCUT2D eigenvalue weighted by Crippen LogP contribution is -2.42. The van der Waals surface area contributed by atoms with Crippen LogP contribution in [0.4, 0.5) is 4.39 Å². The van der Waals surface area contributed by atoms with Crippen molar-refractivity contribution >= 4 is 21.8 Å². The van der Waals surface area contributed by atoms with E-state index in [0.717, 1.165) is 19.4 Å². The molecule has 8 heteroatoms. The number of rotatable bonds is 5. The van der Waals surface area contributed by atoms with E-state index in [1.807, 2.05) is 0 Å². The van der Waals surface area contributed by atoms with Gasteiger partial charge in [0.2, 0.25) is 0 Å². The van der Waals surface area contributed by atoms with Crippen LogP contribution in [0.2, 0.25) is 5.02 Å². The van der Waals surface area contributed by atoms with E-state index in [0.29, 0.717) is 30.2 Å². The zero-order chi connectivity index (χ0) is 15.5. The number of hydrogen-bond acceptors (Lipinski definition) is 3. The highest BCUT2D eigenvalue weighted by Gasteiger charge is 2.22. The Balaban J connectivity index is 1.95. The number of piperidine rings is 1. The number of nitrogens with one attached hydrogen (secondary N) is 1. The van der Waals surface area contributed by atoms with Gasteiger partial charge in [-0.25, -0.2) is 14.3 Å². The maximum absolute atomic E-state index is 13.8. The van der Waals surface area contributed by atoms with E-state index in [4.69, 9.17) is 16.7 Å². The van der Waals surface area contributed by atoms with E-state index in [2.05, 4.69) is 9.62 Å². The molecule has 21 heavy (non-hydrogen) atoms. The van der Waals surface area contributed by atoms with Crippen LogP contribution in [0.5, 0.6) is 0 Å². The van der Waals surface area contributed by atoms with Gasteiger partial charge >= 0.3 is 0 Å². The van der Waals surface area contributed by atoms with Crippen molar-refractivity contribution in [3.8, 4) is 0 Å². The fourth-order valence-electron chi connectivity index (χ4n) is 2.60. The Morgan fingerprint density at radius 3 is 2.90 bits per heavy atom. The smallest absolute Gasteiger partial charge is 0.274 e. The summed E-state index contributed by atoms with van der Waals surface area (Å²) in [6.07, 6.45) is 1.85. The average Bonchev–Trinajstić information content (AvgIpc) is 2.41. The molecule has 0 aliphatic carbocycles. The molecule has 0 spiro atoms. The van der Waals surface area contributed by atoms with Crippen LogP contribution in [0.25, 0.3) is 0 Å². The predicted molar refractivity (Wildman–Crippen MR) is 80.5 cm³/mol. The quantitative estimate of drug-likeness (QED) is 0.856. The minimum atomic E-state index is -3.66. The molecule has 1 heterocycles. The summed E-state index contributed by atoms with van der Waals surface area (Å²) in [4.78, 5) is 2.09. The van der Waals surface area contributed by atoms with Gasteiger partial charge in [-0.1, -0.05) is 17.7 Å². The standard InChI is InChI=1S/C13H19ClFN3O2S/c14-12-4-1-5-13(15)11(12)9-18-6-2-3-10(8-18)7-17-21(16,19)20/h1,4-5,10,17H,2-3,6-9H2,(H2,16,19,20)/t10-/m1/s1. The number of nitrogens with two attached hydrogens (primary N) is 1. The molecule has 1 aliphatic rings. The van der Waals surface area contributed by atoms with E-state index in [-0.39, 0.29) is 11.7 Å². The third-order valence-corrected chi connectivity index (χ3v) is 4.54. The fourth-order valence-corrected chi connectivity index (χ4v) is 3.29. The summed E-state index contributed by atoms with van der Waals surface area (Å²) >= 11 is 6.03. The van der Waals surface area contributed by atoms with Crippen molar-refractivity contribution in [2.75, 3.05) is 19.6 Å². The number of nitrogens with zero attached hydrogens (tertiary/aromatic N) is 1. The summed E-state index contributed by atoms with van der Waals surface area (Å²) in [7, 11) is -3.66. The van der Waals surface area contributed by atoms with Gasteiger partial charge in [0.1, 0.15) is 5.82 Å². The molecule has 0 saturated carbocycles. The number of benzene rings is 1. The van der Waals surface area contributed by atoms with Crippen LogP contribution in [0, 0.1) is 11.7 Å². The van der Waals surface area contributed by atoms with Gasteiger partial charge in [0, 0.05) is 30.2 Å². The Bertz CT molecular complexity index is 577. The Morgan fingerprint density at radius 2 is 2.24 bits per heavy atom. The van der Waals surface area contributed by atoms with Crippen LogP contribution >= 0.6 is 11.6 Å². The third kappa shape index (κ3) is 5.19. The molecule has 0 amide bonds.